The van der Waals surface area contributed by atoms with E-state index in [-0.39, 0.29) is 12.1 Å². The second-order valence-corrected chi connectivity index (χ2v) is 6.95. The van der Waals surface area contributed by atoms with Crippen LogP contribution in [0.3, 0.4) is 0 Å². The molecule has 0 fully saturated rings. The summed E-state index contributed by atoms with van der Waals surface area (Å²) >= 11 is 0. The summed E-state index contributed by atoms with van der Waals surface area (Å²) in [4.78, 5) is 14.1. The number of rotatable bonds is 0. The molecule has 0 radical (unpaired) electrons. The maximum Gasteiger partial charge on any atom is 0.410 e. The van der Waals surface area contributed by atoms with Crippen molar-refractivity contribution >= 4 is 6.09 Å². The Hall–Kier alpha value is -1.55. The Balaban J connectivity index is 2.29. The lowest BCUT2D eigenvalue weighted by molar-refractivity contribution is 0.0235. The summed E-state index contributed by atoms with van der Waals surface area (Å²) in [5, 5.41) is 0. The number of carbonyl (C=O) groups is 1. The van der Waals surface area contributed by atoms with Crippen molar-refractivity contribution in [2.75, 3.05) is 6.54 Å². The third kappa shape index (κ3) is 3.76. The molecule has 4 heteroatoms. The molecule has 1 aliphatic rings. The van der Waals surface area contributed by atoms with Gasteiger partial charge in [-0.3, -0.25) is 0 Å². The average molecular weight is 290 g/mol. The summed E-state index contributed by atoms with van der Waals surface area (Å²) < 4.78 is 5.49. The second kappa shape index (κ2) is 5.68. The number of nitrogens with two attached hydrogens (primary N) is 1. The van der Waals surface area contributed by atoms with Crippen molar-refractivity contribution in [3.8, 4) is 0 Å². The number of benzene rings is 1. The van der Waals surface area contributed by atoms with Crippen molar-refractivity contribution in [3.63, 3.8) is 0 Å². The summed E-state index contributed by atoms with van der Waals surface area (Å²) in [6.07, 6.45) is 0.498. The number of aryl methyl sites for hydroxylation is 2. The first-order chi connectivity index (χ1) is 9.67. The fraction of sp³-hybridized carbons (Fsp3) is 0.588. The zero-order valence-corrected chi connectivity index (χ0v) is 13.7. The lowest BCUT2D eigenvalue weighted by Crippen LogP contribution is -2.36. The van der Waals surface area contributed by atoms with Crippen molar-refractivity contribution in [2.45, 2.75) is 59.2 Å². The molecule has 1 aliphatic heterocycles. The fourth-order valence-electron chi connectivity index (χ4n) is 2.93. The Morgan fingerprint density at radius 1 is 1.33 bits per heavy atom. The normalized spacial score (nSPS) is 19.0. The van der Waals surface area contributed by atoms with Crippen LogP contribution < -0.4 is 5.73 Å². The maximum absolute atomic E-state index is 12.3. The highest BCUT2D eigenvalue weighted by molar-refractivity contribution is 5.68. The molecule has 1 atom stereocenters. The van der Waals surface area contributed by atoms with Gasteiger partial charge in [0.25, 0.3) is 0 Å². The Kier molecular flexibility index (Phi) is 4.28. The lowest BCUT2D eigenvalue weighted by Gasteiger charge is -2.26. The molecule has 1 aromatic rings. The zero-order chi connectivity index (χ0) is 15.8. The number of nitrogens with zero attached hydrogens (tertiary/aromatic N) is 1. The molecule has 2 rings (SSSR count). The molecule has 116 valence electrons. The van der Waals surface area contributed by atoms with Gasteiger partial charge in [0.15, 0.2) is 0 Å². The smallest absolute Gasteiger partial charge is 0.410 e. The van der Waals surface area contributed by atoms with Gasteiger partial charge in [-0.2, -0.15) is 0 Å². The van der Waals surface area contributed by atoms with Crippen molar-refractivity contribution < 1.29 is 9.53 Å². The van der Waals surface area contributed by atoms with E-state index in [0.29, 0.717) is 13.1 Å². The van der Waals surface area contributed by atoms with Gasteiger partial charge in [-0.1, -0.05) is 17.7 Å². The van der Waals surface area contributed by atoms with E-state index in [2.05, 4.69) is 26.0 Å². The van der Waals surface area contributed by atoms with E-state index in [9.17, 15) is 4.79 Å². The van der Waals surface area contributed by atoms with Gasteiger partial charge < -0.3 is 15.4 Å². The van der Waals surface area contributed by atoms with E-state index in [4.69, 9.17) is 10.5 Å². The Labute approximate surface area is 127 Å². The van der Waals surface area contributed by atoms with Crippen LogP contribution in [0.25, 0.3) is 0 Å². The number of amides is 1. The Morgan fingerprint density at radius 3 is 2.62 bits per heavy atom. The van der Waals surface area contributed by atoms with Crippen molar-refractivity contribution in [1.82, 2.24) is 4.90 Å². The standard InChI is InChI=1S/C17H26N2O2/c1-11-8-12(2)15-13(9-11)10-19(7-6-14(15)18)16(20)21-17(3,4)5/h8-9,14H,6-7,10,18H2,1-5H3/t14-/m0/s1. The summed E-state index contributed by atoms with van der Waals surface area (Å²) in [7, 11) is 0. The van der Waals surface area contributed by atoms with Gasteiger partial charge >= 0.3 is 6.09 Å². The van der Waals surface area contributed by atoms with Gasteiger partial charge in [-0.05, 0) is 57.7 Å². The lowest BCUT2D eigenvalue weighted by atomic mass is 9.93. The highest BCUT2D eigenvalue weighted by Crippen LogP contribution is 2.29. The van der Waals surface area contributed by atoms with Crippen LogP contribution in [0.1, 0.15) is 55.5 Å². The fourth-order valence-corrected chi connectivity index (χ4v) is 2.93. The molecule has 0 bridgehead atoms. The first kappa shape index (κ1) is 15.8. The molecule has 21 heavy (non-hydrogen) atoms. The van der Waals surface area contributed by atoms with Crippen molar-refractivity contribution in [3.05, 3.63) is 34.4 Å². The van der Waals surface area contributed by atoms with Gasteiger partial charge in [-0.25, -0.2) is 4.79 Å². The van der Waals surface area contributed by atoms with E-state index in [0.717, 1.165) is 12.0 Å². The predicted molar refractivity (Wildman–Crippen MR) is 84.1 cm³/mol. The first-order valence-corrected chi connectivity index (χ1v) is 7.51. The molecular formula is C17H26N2O2. The molecule has 0 saturated heterocycles. The summed E-state index contributed by atoms with van der Waals surface area (Å²) in [5.74, 6) is 0. The minimum atomic E-state index is -0.475. The molecule has 1 amide bonds. The van der Waals surface area contributed by atoms with Crippen molar-refractivity contribution in [1.29, 1.82) is 0 Å². The SMILES string of the molecule is Cc1cc(C)c2c(c1)CN(C(=O)OC(C)(C)C)CC[C@@H]2N. The summed E-state index contributed by atoms with van der Waals surface area (Å²) in [6, 6.07) is 4.26. The number of hydrogen-bond donors (Lipinski definition) is 1. The topological polar surface area (TPSA) is 55.6 Å². The molecule has 2 N–H and O–H groups in total. The van der Waals surface area contributed by atoms with Crippen LogP contribution in [0.5, 0.6) is 0 Å². The van der Waals surface area contributed by atoms with Crippen molar-refractivity contribution in [2.24, 2.45) is 5.73 Å². The van der Waals surface area contributed by atoms with Gasteiger partial charge in [0.2, 0.25) is 0 Å². The Morgan fingerprint density at radius 2 is 2.00 bits per heavy atom. The van der Waals surface area contributed by atoms with E-state index in [1.807, 2.05) is 20.8 Å². The van der Waals surface area contributed by atoms with E-state index < -0.39 is 5.60 Å². The van der Waals surface area contributed by atoms with E-state index >= 15 is 0 Å². The highest BCUT2D eigenvalue weighted by Gasteiger charge is 2.27. The van der Waals surface area contributed by atoms with Crippen LogP contribution >= 0.6 is 0 Å². The molecule has 0 aliphatic carbocycles. The van der Waals surface area contributed by atoms with Crippen LogP contribution in [-0.2, 0) is 11.3 Å². The van der Waals surface area contributed by atoms with Gasteiger partial charge in [0, 0.05) is 19.1 Å². The molecule has 1 heterocycles. The molecule has 0 aromatic heterocycles. The van der Waals surface area contributed by atoms with Gasteiger partial charge in [0.05, 0.1) is 0 Å². The van der Waals surface area contributed by atoms with Crippen LogP contribution in [0.4, 0.5) is 4.79 Å². The molecule has 4 nitrogen and oxygen atoms in total. The Bertz CT molecular complexity index is 546. The first-order valence-electron chi connectivity index (χ1n) is 7.51. The van der Waals surface area contributed by atoms with Gasteiger partial charge in [-0.15, -0.1) is 0 Å². The molecule has 1 aromatic carbocycles. The quantitative estimate of drug-likeness (QED) is 0.796. The molecule has 0 spiro atoms. The predicted octanol–water partition coefficient (Wildman–Crippen LogP) is 3.44. The summed E-state index contributed by atoms with van der Waals surface area (Å²) in [6.45, 7) is 11.0. The van der Waals surface area contributed by atoms with E-state index in [1.54, 1.807) is 4.90 Å². The second-order valence-electron chi connectivity index (χ2n) is 6.95. The number of fused-ring (bicyclic) bond motifs is 1. The van der Waals surface area contributed by atoms with Crippen LogP contribution in [0, 0.1) is 13.8 Å². The average Bonchev–Trinajstić information content (AvgIpc) is 2.46. The van der Waals surface area contributed by atoms with E-state index in [1.165, 1.54) is 16.7 Å². The highest BCUT2D eigenvalue weighted by atomic mass is 16.6. The largest absolute Gasteiger partial charge is 0.444 e. The zero-order valence-electron chi connectivity index (χ0n) is 13.7. The maximum atomic E-state index is 12.3. The minimum Gasteiger partial charge on any atom is -0.444 e. The third-order valence-corrected chi connectivity index (χ3v) is 3.71. The number of ether oxygens (including phenoxy) is 1. The minimum absolute atomic E-state index is 0.0203. The number of carbonyl (C=O) groups excluding carboxylic acids is 1. The van der Waals surface area contributed by atoms with Crippen LogP contribution in [-0.4, -0.2) is 23.1 Å². The summed E-state index contributed by atoms with van der Waals surface area (Å²) in [5.41, 5.74) is 10.6. The molecule has 0 saturated carbocycles. The third-order valence-electron chi connectivity index (χ3n) is 3.71. The van der Waals surface area contributed by atoms with Crippen LogP contribution in [0.2, 0.25) is 0 Å². The molecular weight excluding hydrogens is 264 g/mol. The van der Waals surface area contributed by atoms with Crippen LogP contribution in [0.15, 0.2) is 12.1 Å². The van der Waals surface area contributed by atoms with Gasteiger partial charge in [0.1, 0.15) is 5.60 Å². The monoisotopic (exact) mass is 290 g/mol. The molecule has 0 unspecified atom stereocenters. The number of hydrogen-bond acceptors (Lipinski definition) is 3.